The first kappa shape index (κ1) is 10.1. The number of benzene rings is 1. The van der Waals surface area contributed by atoms with Crippen molar-refractivity contribution in [1.29, 1.82) is 0 Å². The maximum Gasteiger partial charge on any atom is 0.0325 e. The second-order valence-electron chi connectivity index (χ2n) is 3.93. The van der Waals surface area contributed by atoms with E-state index in [1.165, 1.54) is 18.7 Å². The molecule has 1 aliphatic rings. The summed E-state index contributed by atoms with van der Waals surface area (Å²) in [7, 11) is 2.15. The molecule has 0 bridgehead atoms. The van der Waals surface area contributed by atoms with Gasteiger partial charge in [0.05, 0.1) is 0 Å². The maximum atomic E-state index is 3.53. The van der Waals surface area contributed by atoms with Gasteiger partial charge in [0.25, 0.3) is 0 Å². The van der Waals surface area contributed by atoms with Crippen molar-refractivity contribution in [3.05, 3.63) is 34.3 Å². The third-order valence-electron chi connectivity index (χ3n) is 2.57. The first-order chi connectivity index (χ1) is 6.74. The monoisotopic (exact) mass is 254 g/mol. The van der Waals surface area contributed by atoms with Crippen molar-refractivity contribution in [2.75, 3.05) is 20.1 Å². The number of likely N-dealkylation sites (tertiary alicyclic amines) is 1. The zero-order valence-corrected chi connectivity index (χ0v) is 9.92. The summed E-state index contributed by atoms with van der Waals surface area (Å²) in [6, 6.07) is 9.16. The lowest BCUT2D eigenvalue weighted by atomic mass is 10.1. The van der Waals surface area contributed by atoms with Crippen molar-refractivity contribution in [3.63, 3.8) is 0 Å². The summed E-state index contributed by atoms with van der Waals surface area (Å²) in [6.07, 6.45) is 0. The smallest absolute Gasteiger partial charge is 0.0325 e. The van der Waals surface area contributed by atoms with Gasteiger partial charge in [-0.3, -0.25) is 0 Å². The average Bonchev–Trinajstić information content (AvgIpc) is 2.13. The molecule has 1 N–H and O–H groups in total. The van der Waals surface area contributed by atoms with Gasteiger partial charge in [0.2, 0.25) is 0 Å². The Balaban J connectivity index is 1.78. The van der Waals surface area contributed by atoms with Crippen molar-refractivity contribution < 1.29 is 0 Å². The molecule has 0 spiro atoms. The van der Waals surface area contributed by atoms with Crippen LogP contribution in [0.25, 0.3) is 0 Å². The molecular formula is C11H15BrN2. The largest absolute Gasteiger partial charge is 0.307 e. The highest BCUT2D eigenvalue weighted by molar-refractivity contribution is 9.10. The van der Waals surface area contributed by atoms with Crippen LogP contribution in [0.2, 0.25) is 0 Å². The summed E-state index contributed by atoms with van der Waals surface area (Å²) in [4.78, 5) is 2.32. The van der Waals surface area contributed by atoms with Crippen LogP contribution in [0.3, 0.4) is 0 Å². The number of nitrogens with zero attached hydrogens (tertiary/aromatic N) is 1. The van der Waals surface area contributed by atoms with E-state index < -0.39 is 0 Å². The van der Waals surface area contributed by atoms with Crippen LogP contribution in [-0.4, -0.2) is 31.1 Å². The van der Waals surface area contributed by atoms with Gasteiger partial charge in [-0.15, -0.1) is 0 Å². The summed E-state index contributed by atoms with van der Waals surface area (Å²) >= 11 is 3.43. The molecule has 1 fully saturated rings. The Bertz CT molecular complexity index is 291. The molecule has 76 valence electrons. The van der Waals surface area contributed by atoms with E-state index in [4.69, 9.17) is 0 Å². The van der Waals surface area contributed by atoms with E-state index in [2.05, 4.69) is 57.5 Å². The molecule has 0 radical (unpaired) electrons. The zero-order valence-electron chi connectivity index (χ0n) is 8.33. The predicted octanol–water partition coefficient (Wildman–Crippen LogP) is 1.85. The molecule has 3 heteroatoms. The number of nitrogens with one attached hydrogen (secondary N) is 1. The summed E-state index contributed by atoms with van der Waals surface area (Å²) in [5, 5.41) is 3.53. The molecule has 14 heavy (non-hydrogen) atoms. The highest BCUT2D eigenvalue weighted by Gasteiger charge is 2.21. The van der Waals surface area contributed by atoms with E-state index in [0.29, 0.717) is 6.04 Å². The second kappa shape index (κ2) is 4.43. The Morgan fingerprint density at radius 1 is 1.36 bits per heavy atom. The second-order valence-corrected chi connectivity index (χ2v) is 4.84. The fourth-order valence-corrected chi connectivity index (χ4v) is 1.96. The van der Waals surface area contributed by atoms with Gasteiger partial charge in [0.1, 0.15) is 0 Å². The summed E-state index contributed by atoms with van der Waals surface area (Å²) < 4.78 is 1.14. The van der Waals surface area contributed by atoms with Crippen LogP contribution in [0.5, 0.6) is 0 Å². The average molecular weight is 255 g/mol. The summed E-state index contributed by atoms with van der Waals surface area (Å²) in [5.74, 6) is 0. The molecule has 0 aromatic heterocycles. The quantitative estimate of drug-likeness (QED) is 0.886. The topological polar surface area (TPSA) is 15.3 Å². The number of hydrogen-bond acceptors (Lipinski definition) is 2. The van der Waals surface area contributed by atoms with Crippen LogP contribution in [0.4, 0.5) is 0 Å². The van der Waals surface area contributed by atoms with Gasteiger partial charge in [-0.25, -0.2) is 0 Å². The normalized spacial score (nSPS) is 18.1. The molecule has 1 aromatic rings. The van der Waals surface area contributed by atoms with Crippen molar-refractivity contribution in [2.24, 2.45) is 0 Å². The third kappa shape index (κ3) is 2.56. The predicted molar refractivity (Wildman–Crippen MR) is 62.3 cm³/mol. The molecule has 0 amide bonds. The van der Waals surface area contributed by atoms with E-state index in [0.717, 1.165) is 11.0 Å². The van der Waals surface area contributed by atoms with Crippen LogP contribution < -0.4 is 5.32 Å². The molecule has 0 unspecified atom stereocenters. The Morgan fingerprint density at radius 3 is 2.57 bits per heavy atom. The third-order valence-corrected chi connectivity index (χ3v) is 3.10. The lowest BCUT2D eigenvalue weighted by Gasteiger charge is -2.36. The molecule has 0 saturated carbocycles. The van der Waals surface area contributed by atoms with Crippen LogP contribution in [0, 0.1) is 0 Å². The van der Waals surface area contributed by atoms with Crippen LogP contribution >= 0.6 is 15.9 Å². The first-order valence-electron chi connectivity index (χ1n) is 4.90. The van der Waals surface area contributed by atoms with Crippen molar-refractivity contribution in [2.45, 2.75) is 12.6 Å². The van der Waals surface area contributed by atoms with E-state index >= 15 is 0 Å². The minimum atomic E-state index is 0.684. The number of rotatable bonds is 3. The van der Waals surface area contributed by atoms with Crippen molar-refractivity contribution in [1.82, 2.24) is 10.2 Å². The van der Waals surface area contributed by atoms with Crippen LogP contribution in [0.1, 0.15) is 5.56 Å². The Morgan fingerprint density at radius 2 is 2.00 bits per heavy atom. The number of likely N-dealkylation sites (N-methyl/N-ethyl adjacent to an activating group) is 1. The van der Waals surface area contributed by atoms with Crippen molar-refractivity contribution >= 4 is 15.9 Å². The molecule has 0 atom stereocenters. The molecule has 2 nitrogen and oxygen atoms in total. The van der Waals surface area contributed by atoms with Gasteiger partial charge in [-0.2, -0.15) is 0 Å². The van der Waals surface area contributed by atoms with Crippen molar-refractivity contribution in [3.8, 4) is 0 Å². The van der Waals surface area contributed by atoms with Crippen LogP contribution in [0.15, 0.2) is 28.7 Å². The van der Waals surface area contributed by atoms with E-state index in [1.807, 2.05) is 0 Å². The van der Waals surface area contributed by atoms with E-state index in [1.54, 1.807) is 0 Å². The first-order valence-corrected chi connectivity index (χ1v) is 5.70. The standard InChI is InChI=1S/C11H15BrN2/c1-14-7-11(8-14)13-6-9-2-4-10(12)5-3-9/h2-5,11,13H,6-8H2,1H3. The van der Waals surface area contributed by atoms with Gasteiger partial charge in [-0.05, 0) is 24.7 Å². The Labute approximate surface area is 93.4 Å². The molecule has 0 aliphatic carbocycles. The fourth-order valence-electron chi connectivity index (χ4n) is 1.69. The SMILES string of the molecule is CN1CC(NCc2ccc(Br)cc2)C1. The van der Waals surface area contributed by atoms with Crippen LogP contribution in [-0.2, 0) is 6.54 Å². The van der Waals surface area contributed by atoms with E-state index in [-0.39, 0.29) is 0 Å². The highest BCUT2D eigenvalue weighted by atomic mass is 79.9. The molecule has 1 aliphatic heterocycles. The van der Waals surface area contributed by atoms with Gasteiger partial charge in [0.15, 0.2) is 0 Å². The Hall–Kier alpha value is -0.380. The molecular weight excluding hydrogens is 240 g/mol. The zero-order chi connectivity index (χ0) is 9.97. The van der Waals surface area contributed by atoms with Gasteiger partial charge < -0.3 is 10.2 Å². The number of hydrogen-bond donors (Lipinski definition) is 1. The Kier molecular flexibility index (Phi) is 3.21. The molecule has 1 aromatic carbocycles. The summed E-state index contributed by atoms with van der Waals surface area (Å²) in [6.45, 7) is 3.33. The maximum absolute atomic E-state index is 3.53. The minimum absolute atomic E-state index is 0.684. The summed E-state index contributed by atoms with van der Waals surface area (Å²) in [5.41, 5.74) is 1.35. The lowest BCUT2D eigenvalue weighted by molar-refractivity contribution is 0.161. The minimum Gasteiger partial charge on any atom is -0.307 e. The molecule has 2 rings (SSSR count). The highest BCUT2D eigenvalue weighted by Crippen LogP contribution is 2.11. The fraction of sp³-hybridized carbons (Fsp3) is 0.455. The lowest BCUT2D eigenvalue weighted by Crippen LogP contribution is -2.55. The van der Waals surface area contributed by atoms with E-state index in [9.17, 15) is 0 Å². The van der Waals surface area contributed by atoms with Gasteiger partial charge in [-0.1, -0.05) is 28.1 Å². The van der Waals surface area contributed by atoms with Gasteiger partial charge >= 0.3 is 0 Å². The van der Waals surface area contributed by atoms with Gasteiger partial charge in [0, 0.05) is 30.1 Å². The number of halogens is 1. The molecule has 1 saturated heterocycles. The molecule has 1 heterocycles.